The number of methoxy groups -OCH3 is 1. The van der Waals surface area contributed by atoms with E-state index < -0.39 is 0 Å². The lowest BCUT2D eigenvalue weighted by atomic mass is 10.2. The molecule has 0 radical (unpaired) electrons. The molecule has 0 saturated carbocycles. The van der Waals surface area contributed by atoms with Crippen LogP contribution in [0.2, 0.25) is 0 Å². The number of ether oxygens (including phenoxy) is 1. The van der Waals surface area contributed by atoms with Crippen molar-refractivity contribution in [1.82, 2.24) is 10.2 Å². The molecule has 1 aromatic heterocycles. The Kier molecular flexibility index (Phi) is 4.43. The lowest BCUT2D eigenvalue weighted by Gasteiger charge is -1.99. The first-order valence-electron chi connectivity index (χ1n) is 5.71. The van der Waals surface area contributed by atoms with Crippen molar-refractivity contribution in [2.75, 3.05) is 19.0 Å². The molecule has 0 atom stereocenters. The Morgan fingerprint density at radius 2 is 2.11 bits per heavy atom. The summed E-state index contributed by atoms with van der Waals surface area (Å²) in [6.45, 7) is 0.315. The first kappa shape index (κ1) is 13.4. The average molecular weight is 278 g/mol. The lowest BCUT2D eigenvalue weighted by molar-refractivity contribution is -0.116. The van der Waals surface area contributed by atoms with Gasteiger partial charge in [0.25, 0.3) is 0 Å². The van der Waals surface area contributed by atoms with Crippen LogP contribution in [0.4, 0.5) is 5.13 Å². The molecule has 0 spiro atoms. The van der Waals surface area contributed by atoms with Crippen LogP contribution in [0.1, 0.15) is 6.42 Å². The molecule has 1 heterocycles. The second-order valence-corrected chi connectivity index (χ2v) is 4.71. The molecular weight excluding hydrogens is 264 g/mol. The standard InChI is InChI=1S/C12H14N4O2S/c1-18-9-4-2-8(3-5-9)11-15-16-12(19-11)14-10(17)6-7-13/h2-5H,6-7,13H2,1H3,(H,14,16,17). The van der Waals surface area contributed by atoms with Gasteiger partial charge in [0.2, 0.25) is 11.0 Å². The minimum absolute atomic E-state index is 0.153. The smallest absolute Gasteiger partial charge is 0.227 e. The van der Waals surface area contributed by atoms with Gasteiger partial charge in [0.05, 0.1) is 7.11 Å². The van der Waals surface area contributed by atoms with Crippen LogP contribution in [0, 0.1) is 0 Å². The summed E-state index contributed by atoms with van der Waals surface area (Å²) in [6, 6.07) is 7.49. The highest BCUT2D eigenvalue weighted by atomic mass is 32.1. The van der Waals surface area contributed by atoms with Crippen molar-refractivity contribution in [3.8, 4) is 16.3 Å². The Balaban J connectivity index is 2.09. The number of amides is 1. The fraction of sp³-hybridized carbons (Fsp3) is 0.250. The van der Waals surface area contributed by atoms with Gasteiger partial charge >= 0.3 is 0 Å². The number of nitrogens with one attached hydrogen (secondary N) is 1. The molecule has 0 saturated heterocycles. The Hall–Kier alpha value is -1.99. The molecule has 3 N–H and O–H groups in total. The monoisotopic (exact) mass is 278 g/mol. The summed E-state index contributed by atoms with van der Waals surface area (Å²) in [5.74, 6) is 0.629. The lowest BCUT2D eigenvalue weighted by Crippen LogP contribution is -2.15. The van der Waals surface area contributed by atoms with E-state index in [9.17, 15) is 4.79 Å². The molecule has 6 nitrogen and oxygen atoms in total. The number of benzene rings is 1. The van der Waals surface area contributed by atoms with Crippen molar-refractivity contribution in [2.45, 2.75) is 6.42 Å². The van der Waals surface area contributed by atoms with Crippen molar-refractivity contribution < 1.29 is 9.53 Å². The summed E-state index contributed by atoms with van der Waals surface area (Å²) in [6.07, 6.45) is 0.275. The highest BCUT2D eigenvalue weighted by Crippen LogP contribution is 2.27. The maximum absolute atomic E-state index is 11.4. The molecule has 2 aromatic rings. The number of nitrogens with zero attached hydrogens (tertiary/aromatic N) is 2. The first-order chi connectivity index (χ1) is 9.22. The Morgan fingerprint density at radius 3 is 2.74 bits per heavy atom. The summed E-state index contributed by atoms with van der Waals surface area (Å²) in [5, 5.41) is 11.8. The second kappa shape index (κ2) is 6.26. The fourth-order valence-electron chi connectivity index (χ4n) is 1.44. The molecule has 0 bridgehead atoms. The van der Waals surface area contributed by atoms with Crippen molar-refractivity contribution in [3.63, 3.8) is 0 Å². The third kappa shape index (κ3) is 3.49. The van der Waals surface area contributed by atoms with Crippen LogP contribution >= 0.6 is 11.3 Å². The van der Waals surface area contributed by atoms with Crippen LogP contribution in [0.25, 0.3) is 10.6 Å². The largest absolute Gasteiger partial charge is 0.497 e. The van der Waals surface area contributed by atoms with Crippen LogP contribution < -0.4 is 15.8 Å². The summed E-state index contributed by atoms with van der Waals surface area (Å²) in [5.41, 5.74) is 6.23. The summed E-state index contributed by atoms with van der Waals surface area (Å²) in [4.78, 5) is 11.4. The number of anilines is 1. The zero-order valence-electron chi connectivity index (χ0n) is 10.4. The van der Waals surface area contributed by atoms with Crippen molar-refractivity contribution in [1.29, 1.82) is 0 Å². The van der Waals surface area contributed by atoms with Gasteiger partial charge in [-0.1, -0.05) is 11.3 Å². The number of hydrogen-bond acceptors (Lipinski definition) is 6. The highest BCUT2D eigenvalue weighted by Gasteiger charge is 2.09. The summed E-state index contributed by atoms with van der Waals surface area (Å²) < 4.78 is 5.09. The zero-order valence-corrected chi connectivity index (χ0v) is 11.2. The first-order valence-corrected chi connectivity index (χ1v) is 6.52. The number of hydrogen-bond donors (Lipinski definition) is 2. The van der Waals surface area contributed by atoms with Crippen molar-refractivity contribution in [2.24, 2.45) is 5.73 Å². The second-order valence-electron chi connectivity index (χ2n) is 3.73. The summed E-state index contributed by atoms with van der Waals surface area (Å²) in [7, 11) is 1.62. The number of aromatic nitrogens is 2. The van der Waals surface area contributed by atoms with E-state index in [0.29, 0.717) is 11.7 Å². The van der Waals surface area contributed by atoms with E-state index in [2.05, 4.69) is 15.5 Å². The highest BCUT2D eigenvalue weighted by molar-refractivity contribution is 7.18. The van der Waals surface area contributed by atoms with Gasteiger partial charge in [-0.2, -0.15) is 0 Å². The molecule has 7 heteroatoms. The van der Waals surface area contributed by atoms with Gasteiger partial charge in [0.1, 0.15) is 10.8 Å². The van der Waals surface area contributed by atoms with Gasteiger partial charge in [-0.05, 0) is 24.3 Å². The minimum Gasteiger partial charge on any atom is -0.497 e. The fourth-order valence-corrected chi connectivity index (χ4v) is 2.20. The zero-order chi connectivity index (χ0) is 13.7. The maximum Gasteiger partial charge on any atom is 0.227 e. The molecular formula is C12H14N4O2S. The van der Waals surface area contributed by atoms with E-state index in [1.807, 2.05) is 24.3 Å². The van der Waals surface area contributed by atoms with E-state index in [4.69, 9.17) is 10.5 Å². The van der Waals surface area contributed by atoms with Crippen LogP contribution in [-0.4, -0.2) is 29.8 Å². The molecule has 0 unspecified atom stereocenters. The molecule has 1 amide bonds. The van der Waals surface area contributed by atoms with E-state index in [1.54, 1.807) is 7.11 Å². The molecule has 0 fully saturated rings. The van der Waals surface area contributed by atoms with Crippen molar-refractivity contribution >= 4 is 22.4 Å². The minimum atomic E-state index is -0.153. The van der Waals surface area contributed by atoms with Gasteiger partial charge in [0, 0.05) is 18.5 Å². The molecule has 2 rings (SSSR count). The van der Waals surface area contributed by atoms with Gasteiger partial charge < -0.3 is 15.8 Å². The predicted octanol–water partition coefficient (Wildman–Crippen LogP) is 1.50. The topological polar surface area (TPSA) is 90.1 Å². The van der Waals surface area contributed by atoms with Crippen LogP contribution in [0.5, 0.6) is 5.75 Å². The third-order valence-corrected chi connectivity index (χ3v) is 3.27. The SMILES string of the molecule is COc1ccc(-c2nnc(NC(=O)CCN)s2)cc1. The van der Waals surface area contributed by atoms with Gasteiger partial charge in [-0.15, -0.1) is 10.2 Å². The van der Waals surface area contributed by atoms with E-state index in [0.717, 1.165) is 16.3 Å². The maximum atomic E-state index is 11.4. The molecule has 0 aliphatic rings. The molecule has 0 aliphatic heterocycles. The number of nitrogens with two attached hydrogens (primary N) is 1. The van der Waals surface area contributed by atoms with Gasteiger partial charge in [0.15, 0.2) is 0 Å². The number of carbonyl (C=O) groups excluding carboxylic acids is 1. The quantitative estimate of drug-likeness (QED) is 0.865. The van der Waals surface area contributed by atoms with E-state index in [1.165, 1.54) is 11.3 Å². The molecule has 100 valence electrons. The predicted molar refractivity (Wildman–Crippen MR) is 74.2 cm³/mol. The van der Waals surface area contributed by atoms with Crippen LogP contribution in [0.3, 0.4) is 0 Å². The third-order valence-electron chi connectivity index (χ3n) is 2.38. The number of rotatable bonds is 5. The van der Waals surface area contributed by atoms with Gasteiger partial charge in [-0.25, -0.2) is 0 Å². The molecule has 1 aromatic carbocycles. The molecule has 0 aliphatic carbocycles. The van der Waals surface area contributed by atoms with Crippen molar-refractivity contribution in [3.05, 3.63) is 24.3 Å². The van der Waals surface area contributed by atoms with Crippen LogP contribution in [-0.2, 0) is 4.79 Å². The number of carbonyl (C=O) groups is 1. The van der Waals surface area contributed by atoms with Gasteiger partial charge in [-0.3, -0.25) is 4.79 Å². The molecule has 19 heavy (non-hydrogen) atoms. The normalized spacial score (nSPS) is 10.2. The Labute approximate surface area is 114 Å². The van der Waals surface area contributed by atoms with E-state index >= 15 is 0 Å². The Bertz CT molecular complexity index is 553. The van der Waals surface area contributed by atoms with Crippen LogP contribution in [0.15, 0.2) is 24.3 Å². The summed E-state index contributed by atoms with van der Waals surface area (Å²) >= 11 is 1.32. The average Bonchev–Trinajstić information content (AvgIpc) is 2.87. The Morgan fingerprint density at radius 1 is 1.37 bits per heavy atom. The van der Waals surface area contributed by atoms with E-state index in [-0.39, 0.29) is 12.3 Å².